The van der Waals surface area contributed by atoms with Gasteiger partial charge in [0.15, 0.2) is 0 Å². The predicted octanol–water partition coefficient (Wildman–Crippen LogP) is 3.55. The molecule has 0 aliphatic rings. The lowest BCUT2D eigenvalue weighted by molar-refractivity contribution is -0.138. The second-order valence-corrected chi connectivity index (χ2v) is 7.42. The molecule has 0 bridgehead atoms. The van der Waals surface area contributed by atoms with Gasteiger partial charge in [-0.3, -0.25) is 4.90 Å². The maximum atomic E-state index is 13.1. The SMILES string of the molecule is C[C@H](c1ccc(S(N)(=O)=O)cc1)N(C)Cc1ccccc1C(F)(F)F. The molecule has 0 fully saturated rings. The van der Waals surface area contributed by atoms with Gasteiger partial charge in [-0.15, -0.1) is 0 Å². The largest absolute Gasteiger partial charge is 0.416 e. The van der Waals surface area contributed by atoms with Gasteiger partial charge in [0, 0.05) is 12.6 Å². The lowest BCUT2D eigenvalue weighted by atomic mass is 10.0. The Hall–Kier alpha value is -1.90. The van der Waals surface area contributed by atoms with Crippen molar-refractivity contribution in [1.82, 2.24) is 4.90 Å². The molecule has 2 aromatic rings. The van der Waals surface area contributed by atoms with Crippen molar-refractivity contribution in [3.63, 3.8) is 0 Å². The van der Waals surface area contributed by atoms with Crippen molar-refractivity contribution >= 4 is 10.0 Å². The van der Waals surface area contributed by atoms with E-state index in [1.165, 1.54) is 24.3 Å². The fourth-order valence-corrected chi connectivity index (χ4v) is 3.05. The number of nitrogens with two attached hydrogens (primary N) is 1. The van der Waals surface area contributed by atoms with Crippen molar-refractivity contribution in [2.45, 2.75) is 30.6 Å². The Morgan fingerprint density at radius 2 is 1.64 bits per heavy atom. The number of hydrogen-bond donors (Lipinski definition) is 1. The van der Waals surface area contributed by atoms with Gasteiger partial charge in [0.05, 0.1) is 10.5 Å². The van der Waals surface area contributed by atoms with Crippen molar-refractivity contribution in [2.75, 3.05) is 7.05 Å². The molecule has 25 heavy (non-hydrogen) atoms. The maximum absolute atomic E-state index is 13.1. The van der Waals surface area contributed by atoms with Crippen LogP contribution in [0.2, 0.25) is 0 Å². The lowest BCUT2D eigenvalue weighted by Crippen LogP contribution is -2.24. The van der Waals surface area contributed by atoms with Crippen molar-refractivity contribution in [1.29, 1.82) is 0 Å². The molecule has 2 N–H and O–H groups in total. The number of hydrogen-bond acceptors (Lipinski definition) is 3. The minimum Gasteiger partial charge on any atom is -0.295 e. The summed E-state index contributed by atoms with van der Waals surface area (Å²) in [4.78, 5) is 1.75. The molecule has 2 rings (SSSR count). The molecular weight excluding hydrogens is 353 g/mol. The number of alkyl halides is 3. The molecule has 8 heteroatoms. The van der Waals surface area contributed by atoms with Gasteiger partial charge >= 0.3 is 6.18 Å². The van der Waals surface area contributed by atoms with Gasteiger partial charge in [-0.1, -0.05) is 30.3 Å². The molecule has 4 nitrogen and oxygen atoms in total. The normalized spacial score (nSPS) is 13.9. The van der Waals surface area contributed by atoms with Crippen LogP contribution in [-0.4, -0.2) is 20.4 Å². The summed E-state index contributed by atoms with van der Waals surface area (Å²) in [5, 5.41) is 5.06. The van der Waals surface area contributed by atoms with Crippen LogP contribution in [0.15, 0.2) is 53.4 Å². The van der Waals surface area contributed by atoms with Gasteiger partial charge in [-0.2, -0.15) is 13.2 Å². The fourth-order valence-electron chi connectivity index (χ4n) is 2.53. The summed E-state index contributed by atoms with van der Waals surface area (Å²) in [7, 11) is -2.06. The smallest absolute Gasteiger partial charge is 0.295 e. The third-order valence-corrected chi connectivity index (χ3v) is 5.02. The highest BCUT2D eigenvalue weighted by atomic mass is 32.2. The topological polar surface area (TPSA) is 63.4 Å². The molecule has 0 unspecified atom stereocenters. The summed E-state index contributed by atoms with van der Waals surface area (Å²) in [6.07, 6.45) is -4.40. The fraction of sp³-hybridized carbons (Fsp3) is 0.294. The molecule has 0 heterocycles. The molecule has 0 aliphatic heterocycles. The average molecular weight is 372 g/mol. The third-order valence-electron chi connectivity index (χ3n) is 4.09. The monoisotopic (exact) mass is 372 g/mol. The van der Waals surface area contributed by atoms with Crippen LogP contribution >= 0.6 is 0 Å². The molecule has 1 atom stereocenters. The highest BCUT2D eigenvalue weighted by molar-refractivity contribution is 7.89. The summed E-state index contributed by atoms with van der Waals surface area (Å²) in [6.45, 7) is 1.94. The Morgan fingerprint density at radius 1 is 1.08 bits per heavy atom. The first-order valence-electron chi connectivity index (χ1n) is 7.48. The average Bonchev–Trinajstić information content (AvgIpc) is 2.53. The van der Waals surface area contributed by atoms with Gasteiger partial charge in [-0.25, -0.2) is 13.6 Å². The van der Waals surface area contributed by atoms with Gasteiger partial charge in [0.1, 0.15) is 0 Å². The minimum absolute atomic E-state index is 0.00600. The van der Waals surface area contributed by atoms with Crippen LogP contribution < -0.4 is 5.14 Å². The molecule has 136 valence electrons. The summed E-state index contributed by atoms with van der Waals surface area (Å²) >= 11 is 0. The van der Waals surface area contributed by atoms with Crippen LogP contribution in [0.4, 0.5) is 13.2 Å². The van der Waals surface area contributed by atoms with Gasteiger partial charge in [0.25, 0.3) is 0 Å². The summed E-state index contributed by atoms with van der Waals surface area (Å²) in [6, 6.07) is 11.2. The highest BCUT2D eigenvalue weighted by Gasteiger charge is 2.33. The van der Waals surface area contributed by atoms with Crippen LogP contribution in [0.1, 0.15) is 29.7 Å². The zero-order valence-electron chi connectivity index (χ0n) is 13.8. The van der Waals surface area contributed by atoms with E-state index in [1.807, 2.05) is 6.92 Å². The molecule has 0 amide bonds. The molecule has 0 radical (unpaired) electrons. The van der Waals surface area contributed by atoms with Gasteiger partial charge < -0.3 is 0 Å². The number of benzene rings is 2. The van der Waals surface area contributed by atoms with E-state index in [9.17, 15) is 21.6 Å². The van der Waals surface area contributed by atoms with Crippen molar-refractivity contribution in [3.8, 4) is 0 Å². The van der Waals surface area contributed by atoms with E-state index >= 15 is 0 Å². The van der Waals surface area contributed by atoms with E-state index in [0.717, 1.165) is 11.6 Å². The lowest BCUT2D eigenvalue weighted by Gasteiger charge is -2.26. The number of halogens is 3. The zero-order chi connectivity index (χ0) is 18.8. The number of primary sulfonamides is 1. The van der Waals surface area contributed by atoms with E-state index in [1.54, 1.807) is 30.1 Å². The van der Waals surface area contributed by atoms with Crippen LogP contribution in [-0.2, 0) is 22.7 Å². The van der Waals surface area contributed by atoms with Crippen LogP contribution in [0.3, 0.4) is 0 Å². The van der Waals surface area contributed by atoms with Gasteiger partial charge in [-0.05, 0) is 43.3 Å². The van der Waals surface area contributed by atoms with E-state index < -0.39 is 21.8 Å². The Bertz CT molecular complexity index is 834. The Kier molecular flexibility index (Phi) is 5.55. The highest BCUT2D eigenvalue weighted by Crippen LogP contribution is 2.33. The maximum Gasteiger partial charge on any atom is 0.416 e. The first-order chi connectivity index (χ1) is 11.5. The minimum atomic E-state index is -4.40. The summed E-state index contributed by atoms with van der Waals surface area (Å²) in [5.41, 5.74) is 0.309. The molecule has 0 saturated heterocycles. The number of sulfonamides is 1. The quantitative estimate of drug-likeness (QED) is 0.873. The van der Waals surface area contributed by atoms with Crippen LogP contribution in [0.5, 0.6) is 0 Å². The molecule has 0 aromatic heterocycles. The van der Waals surface area contributed by atoms with Crippen LogP contribution in [0.25, 0.3) is 0 Å². The molecule has 0 saturated carbocycles. The van der Waals surface area contributed by atoms with Crippen molar-refractivity contribution in [3.05, 3.63) is 65.2 Å². The number of rotatable bonds is 5. The second kappa shape index (κ2) is 7.15. The Labute approximate surface area is 145 Å². The second-order valence-electron chi connectivity index (χ2n) is 5.86. The Morgan fingerprint density at radius 3 is 2.16 bits per heavy atom. The van der Waals surface area contributed by atoms with Gasteiger partial charge in [0.2, 0.25) is 10.0 Å². The van der Waals surface area contributed by atoms with E-state index in [-0.39, 0.29) is 23.0 Å². The molecular formula is C17H19F3N2O2S. The predicted molar refractivity (Wildman–Crippen MR) is 89.1 cm³/mol. The van der Waals surface area contributed by atoms with Crippen molar-refractivity contribution in [2.24, 2.45) is 5.14 Å². The summed E-state index contributed by atoms with van der Waals surface area (Å²) < 4.78 is 61.8. The first kappa shape index (κ1) is 19.4. The molecule has 2 aromatic carbocycles. The van der Waals surface area contributed by atoms with Crippen molar-refractivity contribution < 1.29 is 21.6 Å². The van der Waals surface area contributed by atoms with E-state index in [2.05, 4.69) is 0 Å². The first-order valence-corrected chi connectivity index (χ1v) is 9.03. The Balaban J connectivity index is 2.20. The standard InChI is InChI=1S/C17H19F3N2O2S/c1-12(13-7-9-15(10-8-13)25(21,23)24)22(2)11-14-5-3-4-6-16(14)17(18,19)20/h3-10,12H,11H2,1-2H3,(H2,21,23,24)/t12-/m1/s1. The third kappa shape index (κ3) is 4.81. The zero-order valence-corrected chi connectivity index (χ0v) is 14.6. The van der Waals surface area contributed by atoms with Crippen LogP contribution in [0, 0.1) is 0 Å². The summed E-state index contributed by atoms with van der Waals surface area (Å²) in [5.74, 6) is 0. The van der Waals surface area contributed by atoms with E-state index in [0.29, 0.717) is 0 Å². The number of nitrogens with zero attached hydrogens (tertiary/aromatic N) is 1. The molecule has 0 spiro atoms. The molecule has 0 aliphatic carbocycles. The van der Waals surface area contributed by atoms with E-state index in [4.69, 9.17) is 5.14 Å².